The van der Waals surface area contributed by atoms with Crippen molar-refractivity contribution >= 4 is 12.0 Å². The zero-order valence-corrected chi connectivity index (χ0v) is 14.0. The number of methoxy groups -OCH3 is 1. The molecule has 0 radical (unpaired) electrons. The van der Waals surface area contributed by atoms with Crippen molar-refractivity contribution in [3.63, 3.8) is 0 Å². The highest BCUT2D eigenvalue weighted by Gasteiger charge is 2.19. The number of aryl methyl sites for hydroxylation is 1. The van der Waals surface area contributed by atoms with Gasteiger partial charge in [-0.25, -0.2) is 0 Å². The highest BCUT2D eigenvalue weighted by Crippen LogP contribution is 2.30. The van der Waals surface area contributed by atoms with Gasteiger partial charge in [0.1, 0.15) is 5.75 Å². The predicted molar refractivity (Wildman–Crippen MR) is 97.2 cm³/mol. The van der Waals surface area contributed by atoms with Crippen molar-refractivity contribution in [2.45, 2.75) is 25.2 Å². The zero-order chi connectivity index (χ0) is 16.8. The molecule has 1 amide bonds. The molecule has 24 heavy (non-hydrogen) atoms. The van der Waals surface area contributed by atoms with E-state index < -0.39 is 0 Å². The predicted octanol–water partition coefficient (Wildman–Crippen LogP) is 3.94. The molecule has 0 aliphatic heterocycles. The van der Waals surface area contributed by atoms with Crippen molar-refractivity contribution in [1.82, 2.24) is 5.32 Å². The number of benzene rings is 2. The molecular formula is C21H23NO2. The van der Waals surface area contributed by atoms with E-state index in [9.17, 15) is 4.79 Å². The highest BCUT2D eigenvalue weighted by atomic mass is 16.5. The Balaban J connectivity index is 1.59. The molecule has 1 aliphatic rings. The van der Waals surface area contributed by atoms with Crippen molar-refractivity contribution in [1.29, 1.82) is 0 Å². The van der Waals surface area contributed by atoms with Crippen LogP contribution in [-0.2, 0) is 11.2 Å². The standard InChI is InChI=1S/C21H23NO2/c1-24-20-12-5-3-8-17(20)13-14-21(23)22-15-18-10-6-9-16-7-2-4-11-19(16)18/h2-5,7-8,11-14,18H,6,9-10,15H2,1H3,(H,22,23)/b14-13+. The fourth-order valence-electron chi connectivity index (χ4n) is 3.32. The summed E-state index contributed by atoms with van der Waals surface area (Å²) in [4.78, 5) is 12.1. The first-order valence-electron chi connectivity index (χ1n) is 8.44. The SMILES string of the molecule is COc1ccccc1/C=C/C(=O)NCC1CCCc2ccccc21. The number of hydrogen-bond acceptors (Lipinski definition) is 2. The lowest BCUT2D eigenvalue weighted by molar-refractivity contribution is -0.116. The molecule has 3 heteroatoms. The van der Waals surface area contributed by atoms with Gasteiger partial charge in [-0.05, 0) is 42.5 Å². The van der Waals surface area contributed by atoms with Gasteiger partial charge in [0, 0.05) is 24.1 Å². The normalized spacial score (nSPS) is 16.6. The molecule has 2 aromatic carbocycles. The summed E-state index contributed by atoms with van der Waals surface area (Å²) in [6.45, 7) is 0.687. The van der Waals surface area contributed by atoms with E-state index in [0.29, 0.717) is 12.5 Å². The number of hydrogen-bond donors (Lipinski definition) is 1. The van der Waals surface area contributed by atoms with E-state index in [1.54, 1.807) is 19.3 Å². The number of para-hydroxylation sites is 1. The molecule has 124 valence electrons. The molecule has 1 aliphatic carbocycles. The van der Waals surface area contributed by atoms with Crippen LogP contribution in [-0.4, -0.2) is 19.6 Å². The first kappa shape index (κ1) is 16.3. The highest BCUT2D eigenvalue weighted by molar-refractivity contribution is 5.92. The van der Waals surface area contributed by atoms with Gasteiger partial charge in [0.05, 0.1) is 7.11 Å². The summed E-state index contributed by atoms with van der Waals surface area (Å²) in [7, 11) is 1.63. The number of carbonyl (C=O) groups is 1. The Hall–Kier alpha value is -2.55. The monoisotopic (exact) mass is 321 g/mol. The van der Waals surface area contributed by atoms with Crippen molar-refractivity contribution in [2.75, 3.05) is 13.7 Å². The van der Waals surface area contributed by atoms with E-state index in [0.717, 1.165) is 24.2 Å². The molecular weight excluding hydrogens is 298 g/mol. The number of nitrogens with one attached hydrogen (secondary N) is 1. The van der Waals surface area contributed by atoms with E-state index >= 15 is 0 Å². The van der Waals surface area contributed by atoms with Gasteiger partial charge in [0.15, 0.2) is 0 Å². The van der Waals surface area contributed by atoms with Crippen LogP contribution < -0.4 is 10.1 Å². The Morgan fingerprint density at radius 2 is 2.00 bits per heavy atom. The van der Waals surface area contributed by atoms with Crippen LogP contribution in [0.25, 0.3) is 6.08 Å². The quantitative estimate of drug-likeness (QED) is 0.847. The van der Waals surface area contributed by atoms with Crippen molar-refractivity contribution in [3.05, 3.63) is 71.3 Å². The summed E-state index contributed by atoms with van der Waals surface area (Å²) in [5.41, 5.74) is 3.71. The van der Waals surface area contributed by atoms with Gasteiger partial charge in [0.2, 0.25) is 5.91 Å². The molecule has 0 aromatic heterocycles. The van der Waals surface area contributed by atoms with Crippen LogP contribution in [0.2, 0.25) is 0 Å². The summed E-state index contributed by atoms with van der Waals surface area (Å²) < 4.78 is 5.29. The van der Waals surface area contributed by atoms with Gasteiger partial charge < -0.3 is 10.1 Å². The molecule has 2 aromatic rings. The summed E-state index contributed by atoms with van der Waals surface area (Å²) in [5, 5.41) is 3.03. The fourth-order valence-corrected chi connectivity index (χ4v) is 3.32. The second-order valence-electron chi connectivity index (χ2n) is 6.11. The number of amides is 1. The Kier molecular flexibility index (Phi) is 5.32. The molecule has 1 atom stereocenters. The average Bonchev–Trinajstić information content (AvgIpc) is 2.64. The zero-order valence-electron chi connectivity index (χ0n) is 14.0. The minimum Gasteiger partial charge on any atom is -0.496 e. The topological polar surface area (TPSA) is 38.3 Å². The Bertz CT molecular complexity index is 736. The second-order valence-corrected chi connectivity index (χ2v) is 6.11. The van der Waals surface area contributed by atoms with E-state index in [4.69, 9.17) is 4.74 Å². The number of fused-ring (bicyclic) bond motifs is 1. The maximum absolute atomic E-state index is 12.1. The number of ether oxygens (including phenoxy) is 1. The molecule has 1 unspecified atom stereocenters. The molecule has 1 N–H and O–H groups in total. The molecule has 3 nitrogen and oxygen atoms in total. The second kappa shape index (κ2) is 7.82. The lowest BCUT2D eigenvalue weighted by Gasteiger charge is -2.25. The van der Waals surface area contributed by atoms with Crippen LogP contribution in [0, 0.1) is 0 Å². The molecule has 0 heterocycles. The number of carbonyl (C=O) groups excluding carboxylic acids is 1. The minimum absolute atomic E-state index is 0.0658. The van der Waals surface area contributed by atoms with Crippen molar-refractivity contribution < 1.29 is 9.53 Å². The smallest absolute Gasteiger partial charge is 0.244 e. The molecule has 0 spiro atoms. The maximum Gasteiger partial charge on any atom is 0.244 e. The molecule has 0 saturated heterocycles. The summed E-state index contributed by atoms with van der Waals surface area (Å²) in [5.74, 6) is 1.12. The summed E-state index contributed by atoms with van der Waals surface area (Å²) >= 11 is 0. The van der Waals surface area contributed by atoms with Crippen LogP contribution in [0.1, 0.15) is 35.4 Å². The molecule has 0 fully saturated rings. The van der Waals surface area contributed by atoms with E-state index in [2.05, 4.69) is 29.6 Å². The third-order valence-corrected chi connectivity index (χ3v) is 4.57. The molecule has 0 bridgehead atoms. The van der Waals surface area contributed by atoms with E-state index in [-0.39, 0.29) is 5.91 Å². The average molecular weight is 321 g/mol. The van der Waals surface area contributed by atoms with Gasteiger partial charge in [-0.1, -0.05) is 42.5 Å². The van der Waals surface area contributed by atoms with Gasteiger partial charge in [-0.2, -0.15) is 0 Å². The van der Waals surface area contributed by atoms with Crippen LogP contribution in [0.4, 0.5) is 0 Å². The number of rotatable bonds is 5. The third kappa shape index (κ3) is 3.85. The van der Waals surface area contributed by atoms with E-state index in [1.807, 2.05) is 24.3 Å². The summed E-state index contributed by atoms with van der Waals surface area (Å²) in [6.07, 6.45) is 6.84. The molecule has 3 rings (SSSR count). The van der Waals surface area contributed by atoms with E-state index in [1.165, 1.54) is 17.5 Å². The lowest BCUT2D eigenvalue weighted by atomic mass is 9.83. The van der Waals surface area contributed by atoms with Crippen molar-refractivity contribution in [2.24, 2.45) is 0 Å². The fraction of sp³-hybridized carbons (Fsp3) is 0.286. The first-order chi connectivity index (χ1) is 11.8. The minimum atomic E-state index is -0.0658. The first-order valence-corrected chi connectivity index (χ1v) is 8.44. The largest absolute Gasteiger partial charge is 0.496 e. The van der Waals surface area contributed by atoms with Gasteiger partial charge >= 0.3 is 0 Å². The van der Waals surface area contributed by atoms with Gasteiger partial charge in [0.25, 0.3) is 0 Å². The Morgan fingerprint density at radius 3 is 2.88 bits per heavy atom. The molecule has 0 saturated carbocycles. The third-order valence-electron chi connectivity index (χ3n) is 4.57. The van der Waals surface area contributed by atoms with Gasteiger partial charge in [-0.15, -0.1) is 0 Å². The Morgan fingerprint density at radius 1 is 1.21 bits per heavy atom. The summed E-state index contributed by atoms with van der Waals surface area (Å²) in [6, 6.07) is 16.2. The maximum atomic E-state index is 12.1. The van der Waals surface area contributed by atoms with Crippen LogP contribution in [0.5, 0.6) is 5.75 Å². The van der Waals surface area contributed by atoms with Crippen LogP contribution in [0.3, 0.4) is 0 Å². The lowest BCUT2D eigenvalue weighted by Crippen LogP contribution is -2.28. The van der Waals surface area contributed by atoms with Gasteiger partial charge in [-0.3, -0.25) is 4.79 Å². The van der Waals surface area contributed by atoms with Crippen LogP contribution >= 0.6 is 0 Å². The van der Waals surface area contributed by atoms with Crippen molar-refractivity contribution in [3.8, 4) is 5.75 Å². The Labute approximate surface area is 143 Å². The van der Waals surface area contributed by atoms with Crippen LogP contribution in [0.15, 0.2) is 54.6 Å².